The predicted octanol–water partition coefficient (Wildman–Crippen LogP) is 3.08. The molecule has 27 heavy (non-hydrogen) atoms. The second kappa shape index (κ2) is 8.29. The second-order valence-corrected chi connectivity index (χ2v) is 5.75. The smallest absolute Gasteiger partial charge is 0.274 e. The molecule has 2 N–H and O–H groups in total. The van der Waals surface area contributed by atoms with Gasteiger partial charge in [-0.1, -0.05) is 24.3 Å². The molecule has 7 nitrogen and oxygen atoms in total. The van der Waals surface area contributed by atoms with Crippen LogP contribution in [-0.4, -0.2) is 37.6 Å². The van der Waals surface area contributed by atoms with Crippen LogP contribution >= 0.6 is 0 Å². The Kier molecular flexibility index (Phi) is 5.63. The van der Waals surface area contributed by atoms with E-state index in [1.807, 2.05) is 24.3 Å². The first-order valence-electron chi connectivity index (χ1n) is 8.24. The van der Waals surface area contributed by atoms with Gasteiger partial charge in [0.15, 0.2) is 0 Å². The number of carbonyl (C=O) groups excluding carboxylic acids is 2. The van der Waals surface area contributed by atoms with Crippen LogP contribution in [0.25, 0.3) is 10.8 Å². The third-order valence-corrected chi connectivity index (χ3v) is 3.81. The maximum absolute atomic E-state index is 12.6. The Bertz CT molecular complexity index is 988. The first-order chi connectivity index (χ1) is 13.1. The van der Waals surface area contributed by atoms with Crippen LogP contribution in [0.1, 0.15) is 10.5 Å². The molecule has 0 unspecified atom stereocenters. The van der Waals surface area contributed by atoms with Crippen molar-refractivity contribution in [2.75, 3.05) is 31.5 Å². The Morgan fingerprint density at radius 2 is 1.70 bits per heavy atom. The lowest BCUT2D eigenvalue weighted by Crippen LogP contribution is -2.17. The van der Waals surface area contributed by atoms with Gasteiger partial charge in [-0.15, -0.1) is 0 Å². The molecule has 0 aliphatic carbocycles. The van der Waals surface area contributed by atoms with Crippen molar-refractivity contribution in [3.63, 3.8) is 0 Å². The van der Waals surface area contributed by atoms with Crippen molar-refractivity contribution in [2.24, 2.45) is 0 Å². The van der Waals surface area contributed by atoms with Gasteiger partial charge >= 0.3 is 0 Å². The first kappa shape index (κ1) is 18.3. The zero-order chi connectivity index (χ0) is 19.2. The number of benzene rings is 2. The van der Waals surface area contributed by atoms with Crippen LogP contribution in [-0.2, 0) is 9.53 Å². The minimum Gasteiger partial charge on any atom is -0.481 e. The summed E-state index contributed by atoms with van der Waals surface area (Å²) in [5.74, 6) is -0.264. The maximum Gasteiger partial charge on any atom is 0.274 e. The number of fused-ring (bicyclic) bond motifs is 1. The van der Waals surface area contributed by atoms with Crippen molar-refractivity contribution in [3.05, 3.63) is 60.3 Å². The van der Waals surface area contributed by atoms with Gasteiger partial charge in [0, 0.05) is 23.9 Å². The van der Waals surface area contributed by atoms with Gasteiger partial charge in [0.25, 0.3) is 5.91 Å². The largest absolute Gasteiger partial charge is 0.481 e. The van der Waals surface area contributed by atoms with Crippen molar-refractivity contribution in [3.8, 4) is 5.88 Å². The summed E-state index contributed by atoms with van der Waals surface area (Å²) in [5.41, 5.74) is 1.32. The zero-order valence-corrected chi connectivity index (χ0v) is 15.0. The van der Waals surface area contributed by atoms with Crippen LogP contribution in [0.5, 0.6) is 5.88 Å². The monoisotopic (exact) mass is 365 g/mol. The normalized spacial score (nSPS) is 10.4. The highest BCUT2D eigenvalue weighted by atomic mass is 16.5. The van der Waals surface area contributed by atoms with Crippen LogP contribution in [0.3, 0.4) is 0 Å². The quantitative estimate of drug-likeness (QED) is 0.701. The number of pyridine rings is 1. The Hall–Kier alpha value is -3.45. The van der Waals surface area contributed by atoms with Crippen LogP contribution in [0.4, 0.5) is 11.4 Å². The van der Waals surface area contributed by atoms with Crippen molar-refractivity contribution in [2.45, 2.75) is 0 Å². The molecule has 0 spiro atoms. The molecule has 7 heteroatoms. The summed E-state index contributed by atoms with van der Waals surface area (Å²) in [4.78, 5) is 28.5. The van der Waals surface area contributed by atoms with E-state index in [-0.39, 0.29) is 24.1 Å². The highest BCUT2D eigenvalue weighted by Crippen LogP contribution is 2.24. The third kappa shape index (κ3) is 4.39. The Balaban J connectivity index is 1.81. The van der Waals surface area contributed by atoms with Gasteiger partial charge in [0.05, 0.1) is 7.11 Å². The molecule has 0 atom stereocenters. The van der Waals surface area contributed by atoms with E-state index < -0.39 is 0 Å². The number of nitrogens with one attached hydrogen (secondary N) is 2. The summed E-state index contributed by atoms with van der Waals surface area (Å²) in [6, 6.07) is 16.1. The van der Waals surface area contributed by atoms with Gasteiger partial charge in [-0.25, -0.2) is 4.98 Å². The Morgan fingerprint density at radius 1 is 0.963 bits per heavy atom. The molecule has 1 heterocycles. The van der Waals surface area contributed by atoms with Gasteiger partial charge in [0.1, 0.15) is 12.3 Å². The van der Waals surface area contributed by atoms with E-state index in [2.05, 4.69) is 15.6 Å². The van der Waals surface area contributed by atoms with E-state index in [0.717, 1.165) is 10.8 Å². The van der Waals surface area contributed by atoms with Crippen molar-refractivity contribution in [1.82, 2.24) is 4.98 Å². The number of methoxy groups -OCH3 is 2. The van der Waals surface area contributed by atoms with Gasteiger partial charge < -0.3 is 20.1 Å². The van der Waals surface area contributed by atoms with E-state index >= 15 is 0 Å². The minimum absolute atomic E-state index is 0.0443. The third-order valence-electron chi connectivity index (χ3n) is 3.81. The molecule has 0 saturated heterocycles. The molecular formula is C20H19N3O4. The number of rotatable bonds is 6. The molecule has 1 aromatic heterocycles. The fourth-order valence-electron chi connectivity index (χ4n) is 2.64. The van der Waals surface area contributed by atoms with Gasteiger partial charge in [-0.3, -0.25) is 9.59 Å². The van der Waals surface area contributed by atoms with E-state index in [0.29, 0.717) is 17.3 Å². The zero-order valence-electron chi connectivity index (χ0n) is 15.0. The van der Waals surface area contributed by atoms with Crippen LogP contribution < -0.4 is 15.4 Å². The van der Waals surface area contributed by atoms with E-state index in [4.69, 9.17) is 9.47 Å². The first-order valence-corrected chi connectivity index (χ1v) is 8.24. The molecule has 0 radical (unpaired) electrons. The summed E-state index contributed by atoms with van der Waals surface area (Å²) >= 11 is 0. The molecule has 0 bridgehead atoms. The van der Waals surface area contributed by atoms with Gasteiger partial charge in [0.2, 0.25) is 11.8 Å². The number of aromatic nitrogens is 1. The SMILES string of the molecule is COCC(=O)Nc1cccc(NC(=O)c2cc3ccccc3c(OC)n2)c1. The van der Waals surface area contributed by atoms with Crippen molar-refractivity contribution < 1.29 is 19.1 Å². The van der Waals surface area contributed by atoms with Crippen molar-refractivity contribution >= 4 is 34.0 Å². The molecule has 2 aromatic carbocycles. The van der Waals surface area contributed by atoms with Gasteiger partial charge in [-0.2, -0.15) is 0 Å². The van der Waals surface area contributed by atoms with Crippen LogP contribution in [0, 0.1) is 0 Å². The van der Waals surface area contributed by atoms with Gasteiger partial charge in [-0.05, 0) is 35.7 Å². The molecule has 0 aliphatic heterocycles. The number of carbonyl (C=O) groups is 2. The number of amides is 2. The summed E-state index contributed by atoms with van der Waals surface area (Å²) in [5, 5.41) is 7.16. The lowest BCUT2D eigenvalue weighted by Gasteiger charge is -2.10. The van der Waals surface area contributed by atoms with E-state index in [1.165, 1.54) is 14.2 Å². The van der Waals surface area contributed by atoms with E-state index in [1.54, 1.807) is 30.3 Å². The highest BCUT2D eigenvalue weighted by Gasteiger charge is 2.13. The maximum atomic E-state index is 12.6. The van der Waals surface area contributed by atoms with Crippen LogP contribution in [0.15, 0.2) is 54.6 Å². The summed E-state index contributed by atoms with van der Waals surface area (Å²) in [7, 11) is 2.96. The van der Waals surface area contributed by atoms with E-state index in [9.17, 15) is 9.59 Å². The lowest BCUT2D eigenvalue weighted by molar-refractivity contribution is -0.119. The number of hydrogen-bond donors (Lipinski definition) is 2. The molecule has 138 valence electrons. The second-order valence-electron chi connectivity index (χ2n) is 5.75. The molecule has 0 fully saturated rings. The average molecular weight is 365 g/mol. The number of ether oxygens (including phenoxy) is 2. The standard InChI is InChI=1S/C20H19N3O4/c1-26-12-18(24)21-14-7-5-8-15(11-14)22-19(25)17-10-13-6-3-4-9-16(13)20(23-17)27-2/h3-11H,12H2,1-2H3,(H,21,24)(H,22,25). The molecule has 3 aromatic rings. The average Bonchev–Trinajstić information content (AvgIpc) is 2.67. The number of anilines is 2. The highest BCUT2D eigenvalue weighted by molar-refractivity contribution is 6.06. The summed E-state index contributed by atoms with van der Waals surface area (Å²) in [6.45, 7) is -0.0443. The molecule has 0 saturated carbocycles. The predicted molar refractivity (Wildman–Crippen MR) is 103 cm³/mol. The summed E-state index contributed by atoms with van der Waals surface area (Å²) in [6.07, 6.45) is 0. The number of nitrogens with zero attached hydrogens (tertiary/aromatic N) is 1. The fourth-order valence-corrected chi connectivity index (χ4v) is 2.64. The topological polar surface area (TPSA) is 89.6 Å². The summed E-state index contributed by atoms with van der Waals surface area (Å²) < 4.78 is 10.1. The Labute approximate surface area is 156 Å². The minimum atomic E-state index is -0.376. The molecular weight excluding hydrogens is 346 g/mol. The number of hydrogen-bond acceptors (Lipinski definition) is 5. The Morgan fingerprint density at radius 3 is 2.44 bits per heavy atom. The molecule has 2 amide bonds. The lowest BCUT2D eigenvalue weighted by atomic mass is 10.1. The molecule has 3 rings (SSSR count). The van der Waals surface area contributed by atoms with Crippen molar-refractivity contribution in [1.29, 1.82) is 0 Å². The molecule has 0 aliphatic rings. The fraction of sp³-hybridized carbons (Fsp3) is 0.150. The van der Waals surface area contributed by atoms with Crippen LogP contribution in [0.2, 0.25) is 0 Å².